The summed E-state index contributed by atoms with van der Waals surface area (Å²) in [7, 11) is 0. The van der Waals surface area contributed by atoms with Gasteiger partial charge in [-0.25, -0.2) is 9.97 Å². The molecule has 0 aliphatic rings. The van der Waals surface area contributed by atoms with E-state index in [2.05, 4.69) is 9.97 Å². The van der Waals surface area contributed by atoms with Crippen molar-refractivity contribution in [2.45, 2.75) is 39.5 Å². The highest BCUT2D eigenvalue weighted by Gasteiger charge is 2.67. The summed E-state index contributed by atoms with van der Waals surface area (Å²) in [5.41, 5.74) is 0.931. The van der Waals surface area contributed by atoms with Gasteiger partial charge >= 0.3 is 23.7 Å². The van der Waals surface area contributed by atoms with E-state index in [0.717, 1.165) is 22.7 Å². The summed E-state index contributed by atoms with van der Waals surface area (Å²) in [6, 6.07) is 0. The van der Waals surface area contributed by atoms with E-state index in [9.17, 15) is 27.2 Å². The predicted molar refractivity (Wildman–Crippen MR) is 90.3 cm³/mol. The Morgan fingerprint density at radius 2 is 1.08 bits per heavy atom. The van der Waals surface area contributed by atoms with E-state index in [-0.39, 0.29) is 10.3 Å². The average molecular weight is 410 g/mol. The molecule has 6 nitrogen and oxygen atoms in total. The average Bonchev–Trinajstić information content (AvgIpc) is 3.00. The van der Waals surface area contributed by atoms with Crippen LogP contribution < -0.4 is 10.6 Å². The van der Waals surface area contributed by atoms with E-state index in [0.29, 0.717) is 21.1 Å². The third kappa shape index (κ3) is 3.70. The summed E-state index contributed by atoms with van der Waals surface area (Å²) >= 11 is 1.71. The minimum Gasteiger partial charge on any atom is -0.296 e. The van der Waals surface area contributed by atoms with Crippen LogP contribution in [0, 0.1) is 27.7 Å². The van der Waals surface area contributed by atoms with Gasteiger partial charge in [-0.1, -0.05) is 0 Å². The second kappa shape index (κ2) is 6.91. The molecule has 0 aliphatic carbocycles. The van der Waals surface area contributed by atoms with Gasteiger partial charge in [0.25, 0.3) is 0 Å². The minimum absolute atomic E-state index is 0.257. The first-order valence-electron chi connectivity index (χ1n) is 7.13. The Bertz CT molecular complexity index is 754. The number of rotatable bonds is 5. The summed E-state index contributed by atoms with van der Waals surface area (Å²) in [5.74, 6) is -15.2. The van der Waals surface area contributed by atoms with Gasteiger partial charge in [-0.2, -0.15) is 17.6 Å². The number of aryl methyl sites for hydroxylation is 4. The van der Waals surface area contributed by atoms with Crippen LogP contribution in [-0.2, 0) is 9.59 Å². The fourth-order valence-corrected chi connectivity index (χ4v) is 3.31. The summed E-state index contributed by atoms with van der Waals surface area (Å²) in [6.07, 6.45) is 0. The lowest BCUT2D eigenvalue weighted by Gasteiger charge is -2.23. The van der Waals surface area contributed by atoms with Gasteiger partial charge in [-0.15, -0.1) is 22.7 Å². The summed E-state index contributed by atoms with van der Waals surface area (Å²) in [5, 5.41) is 2.74. The Kier molecular flexibility index (Phi) is 5.38. The van der Waals surface area contributed by atoms with E-state index >= 15 is 0 Å². The monoisotopic (exact) mass is 410 g/mol. The molecule has 2 amide bonds. The topological polar surface area (TPSA) is 84.0 Å². The largest absolute Gasteiger partial charge is 0.396 e. The second-order valence-electron chi connectivity index (χ2n) is 5.38. The first-order valence-corrected chi connectivity index (χ1v) is 8.76. The Balaban J connectivity index is 2.17. The number of anilines is 2. The van der Waals surface area contributed by atoms with Gasteiger partial charge in [-0.05, 0) is 27.7 Å². The third-order valence-electron chi connectivity index (χ3n) is 3.46. The number of hydrogen-bond donors (Lipinski definition) is 2. The first kappa shape index (κ1) is 20.2. The van der Waals surface area contributed by atoms with Crippen molar-refractivity contribution in [3.05, 3.63) is 21.1 Å². The summed E-state index contributed by atoms with van der Waals surface area (Å²) in [4.78, 5) is 32.1. The highest BCUT2D eigenvalue weighted by Crippen LogP contribution is 2.37. The lowest BCUT2D eigenvalue weighted by atomic mass is 10.1. The number of carbonyl (C=O) groups excluding carboxylic acids is 2. The molecule has 0 radical (unpaired) electrons. The number of alkyl halides is 4. The van der Waals surface area contributed by atoms with Gasteiger partial charge in [0.15, 0.2) is 10.3 Å². The fraction of sp³-hybridized carbons (Fsp3) is 0.429. The highest BCUT2D eigenvalue weighted by atomic mass is 32.1. The van der Waals surface area contributed by atoms with Crippen LogP contribution in [0.25, 0.3) is 0 Å². The van der Waals surface area contributed by atoms with E-state index < -0.39 is 23.7 Å². The summed E-state index contributed by atoms with van der Waals surface area (Å²) < 4.78 is 55.9. The Morgan fingerprint density at radius 1 is 0.769 bits per heavy atom. The number of hydrogen-bond acceptors (Lipinski definition) is 6. The molecule has 0 atom stereocenters. The molecule has 12 heteroatoms. The van der Waals surface area contributed by atoms with Crippen molar-refractivity contribution in [2.24, 2.45) is 0 Å². The zero-order valence-electron chi connectivity index (χ0n) is 14.0. The Hall–Kier alpha value is -2.08. The minimum atomic E-state index is -5.29. The van der Waals surface area contributed by atoms with Crippen molar-refractivity contribution in [1.82, 2.24) is 9.97 Å². The number of aromatic nitrogens is 2. The molecule has 2 aromatic heterocycles. The third-order valence-corrected chi connectivity index (χ3v) is 5.44. The van der Waals surface area contributed by atoms with Crippen LogP contribution in [0.5, 0.6) is 0 Å². The van der Waals surface area contributed by atoms with Crippen molar-refractivity contribution in [3.8, 4) is 0 Å². The fourth-order valence-electron chi connectivity index (χ4n) is 1.69. The number of thiazole rings is 2. The molecular weight excluding hydrogens is 396 g/mol. The van der Waals surface area contributed by atoms with Crippen molar-refractivity contribution >= 4 is 44.8 Å². The molecule has 0 unspecified atom stereocenters. The molecule has 2 rings (SSSR count). The molecule has 2 N–H and O–H groups in total. The van der Waals surface area contributed by atoms with Gasteiger partial charge in [-0.3, -0.25) is 20.2 Å². The van der Waals surface area contributed by atoms with Gasteiger partial charge < -0.3 is 0 Å². The molecular formula is C14H14F4N4O2S2. The zero-order valence-corrected chi connectivity index (χ0v) is 15.7. The molecule has 0 spiro atoms. The smallest absolute Gasteiger partial charge is 0.296 e. The van der Waals surface area contributed by atoms with Crippen LogP contribution in [0.4, 0.5) is 27.8 Å². The zero-order chi connectivity index (χ0) is 19.9. The van der Waals surface area contributed by atoms with Crippen LogP contribution in [0.1, 0.15) is 21.1 Å². The SMILES string of the molecule is Cc1nc(NC(=O)C(F)(F)C(F)(F)C(=O)Nc2nc(C)c(C)s2)sc1C. The van der Waals surface area contributed by atoms with Crippen molar-refractivity contribution < 1.29 is 27.2 Å². The normalized spacial score (nSPS) is 12.2. The molecule has 0 saturated heterocycles. The highest BCUT2D eigenvalue weighted by molar-refractivity contribution is 7.16. The standard InChI is InChI=1S/C14H14F4N4O2S2/c1-5-7(3)25-11(19-5)21-9(23)13(15,16)14(17,18)10(24)22-12-20-6(2)8(4)26-12/h1-4H3,(H,19,21,23)(H,20,22,24). The molecule has 2 aromatic rings. The van der Waals surface area contributed by atoms with Crippen LogP contribution >= 0.6 is 22.7 Å². The number of carbonyl (C=O) groups is 2. The van der Waals surface area contributed by atoms with E-state index in [1.165, 1.54) is 0 Å². The van der Waals surface area contributed by atoms with Crippen molar-refractivity contribution in [1.29, 1.82) is 0 Å². The van der Waals surface area contributed by atoms with Crippen LogP contribution in [0.2, 0.25) is 0 Å². The maximum Gasteiger partial charge on any atom is 0.396 e. The van der Waals surface area contributed by atoms with Crippen molar-refractivity contribution in [2.75, 3.05) is 10.6 Å². The van der Waals surface area contributed by atoms with E-state index in [4.69, 9.17) is 0 Å². The lowest BCUT2D eigenvalue weighted by Crippen LogP contribution is -2.56. The van der Waals surface area contributed by atoms with Crippen LogP contribution in [-0.4, -0.2) is 33.6 Å². The van der Waals surface area contributed by atoms with Gasteiger partial charge in [0.05, 0.1) is 11.4 Å². The van der Waals surface area contributed by atoms with Crippen LogP contribution in [0.15, 0.2) is 0 Å². The second-order valence-corrected chi connectivity index (χ2v) is 7.78. The van der Waals surface area contributed by atoms with E-state index in [1.807, 2.05) is 0 Å². The predicted octanol–water partition coefficient (Wildman–Crippen LogP) is 3.68. The molecule has 0 aliphatic heterocycles. The molecule has 2 heterocycles. The molecule has 0 aromatic carbocycles. The number of amides is 2. The maximum absolute atomic E-state index is 14.0. The lowest BCUT2D eigenvalue weighted by molar-refractivity contribution is -0.204. The Morgan fingerprint density at radius 3 is 1.31 bits per heavy atom. The number of nitrogens with one attached hydrogen (secondary N) is 2. The number of nitrogens with zero attached hydrogens (tertiary/aromatic N) is 2. The van der Waals surface area contributed by atoms with E-state index in [1.54, 1.807) is 38.3 Å². The number of halogens is 4. The van der Waals surface area contributed by atoms with Gasteiger partial charge in [0.2, 0.25) is 0 Å². The molecule has 0 bridgehead atoms. The van der Waals surface area contributed by atoms with Gasteiger partial charge in [0.1, 0.15) is 0 Å². The Labute approximate surface area is 153 Å². The molecule has 0 saturated carbocycles. The summed E-state index contributed by atoms with van der Waals surface area (Å²) in [6.45, 7) is 6.39. The van der Waals surface area contributed by atoms with Crippen LogP contribution in [0.3, 0.4) is 0 Å². The molecule has 142 valence electrons. The maximum atomic E-state index is 14.0. The molecule has 0 fully saturated rings. The van der Waals surface area contributed by atoms with Gasteiger partial charge in [0, 0.05) is 9.75 Å². The van der Waals surface area contributed by atoms with Crippen molar-refractivity contribution in [3.63, 3.8) is 0 Å². The quantitative estimate of drug-likeness (QED) is 0.737. The first-order chi connectivity index (χ1) is 11.9. The molecule has 26 heavy (non-hydrogen) atoms.